The molecule has 0 amide bonds. The minimum absolute atomic E-state index is 0.210. The van der Waals surface area contributed by atoms with Gasteiger partial charge in [-0.1, -0.05) is 79.7 Å². The summed E-state index contributed by atoms with van der Waals surface area (Å²) in [4.78, 5) is 0. The molecule has 1 aromatic carbocycles. The number of halogens is 2. The van der Waals surface area contributed by atoms with Crippen LogP contribution in [0.3, 0.4) is 0 Å². The zero-order chi connectivity index (χ0) is 13.9. The van der Waals surface area contributed by atoms with E-state index in [2.05, 4.69) is 70.0 Å². The highest BCUT2D eigenvalue weighted by atomic mass is 79.9. The second-order valence-electron chi connectivity index (χ2n) is 5.46. The van der Waals surface area contributed by atoms with E-state index in [4.69, 9.17) is 0 Å². The fourth-order valence-corrected chi connectivity index (χ4v) is 4.66. The summed E-state index contributed by atoms with van der Waals surface area (Å²) in [5.74, 6) is 0. The minimum atomic E-state index is 0.210. The van der Waals surface area contributed by atoms with Crippen LogP contribution in [0.1, 0.15) is 63.5 Å². The number of benzene rings is 1. The molecule has 0 radical (unpaired) electrons. The van der Waals surface area contributed by atoms with Crippen molar-refractivity contribution >= 4 is 36.3 Å². The number of hydrogen-bond acceptors (Lipinski definition) is 0. The summed E-state index contributed by atoms with van der Waals surface area (Å²) < 4.78 is 2.62. The van der Waals surface area contributed by atoms with E-state index in [1.807, 2.05) is 0 Å². The van der Waals surface area contributed by atoms with Crippen LogP contribution < -0.4 is 0 Å². The molecule has 2 heteroatoms. The fraction of sp³-hybridized carbons (Fsp3) is 0.529. The monoisotopic (exact) mass is 384 g/mol. The molecule has 0 saturated carbocycles. The molecule has 0 nitrogen and oxygen atoms in total. The van der Waals surface area contributed by atoms with Crippen molar-refractivity contribution in [3.05, 3.63) is 39.9 Å². The Hall–Kier alpha value is -0.0800. The lowest BCUT2D eigenvalue weighted by Crippen LogP contribution is -2.24. The fourth-order valence-electron chi connectivity index (χ4n) is 3.11. The molecule has 0 N–H and O–H groups in total. The van der Waals surface area contributed by atoms with E-state index in [-0.39, 0.29) is 5.41 Å². The largest absolute Gasteiger partial charge is 0.0654 e. The quantitative estimate of drug-likeness (QED) is 0.506. The molecule has 104 valence electrons. The molecule has 0 atom stereocenters. The van der Waals surface area contributed by atoms with Gasteiger partial charge in [0.05, 0.1) is 0 Å². The molecule has 2 rings (SSSR count). The highest BCUT2D eigenvalue weighted by Crippen LogP contribution is 2.56. The van der Waals surface area contributed by atoms with Gasteiger partial charge in [0.15, 0.2) is 0 Å². The van der Waals surface area contributed by atoms with Crippen molar-refractivity contribution in [1.29, 1.82) is 0 Å². The molecule has 19 heavy (non-hydrogen) atoms. The first kappa shape index (κ1) is 15.3. The second kappa shape index (κ2) is 6.58. The number of fused-ring (bicyclic) bond motifs is 1. The molecule has 0 aliphatic heterocycles. The van der Waals surface area contributed by atoms with E-state index < -0.39 is 0 Å². The van der Waals surface area contributed by atoms with Crippen LogP contribution in [0.15, 0.2) is 28.7 Å². The van der Waals surface area contributed by atoms with E-state index >= 15 is 0 Å². The summed E-state index contributed by atoms with van der Waals surface area (Å²) in [6.07, 6.45) is 7.58. The Labute approximate surface area is 133 Å². The number of rotatable bonds is 6. The third kappa shape index (κ3) is 2.71. The molecule has 1 aliphatic carbocycles. The second-order valence-corrected chi connectivity index (χ2v) is 7.05. The van der Waals surface area contributed by atoms with Crippen molar-refractivity contribution in [2.45, 2.75) is 57.8 Å². The Bertz CT molecular complexity index is 466. The predicted molar refractivity (Wildman–Crippen MR) is 91.9 cm³/mol. The molecule has 0 saturated heterocycles. The first-order valence-electron chi connectivity index (χ1n) is 7.33. The SMILES string of the molecule is CCCCC1(CCCC)C(Br)=C(Br)c2ccccc21. The van der Waals surface area contributed by atoms with E-state index in [9.17, 15) is 0 Å². The Morgan fingerprint density at radius 3 is 2.11 bits per heavy atom. The van der Waals surface area contributed by atoms with Gasteiger partial charge in [0, 0.05) is 14.4 Å². The third-order valence-corrected chi connectivity index (χ3v) is 6.72. The van der Waals surface area contributed by atoms with Gasteiger partial charge >= 0.3 is 0 Å². The molecule has 0 spiro atoms. The van der Waals surface area contributed by atoms with Crippen LogP contribution in [0.25, 0.3) is 4.48 Å². The van der Waals surface area contributed by atoms with Gasteiger partial charge in [-0.05, 0) is 39.9 Å². The van der Waals surface area contributed by atoms with Crippen LogP contribution in [-0.2, 0) is 5.41 Å². The first-order valence-corrected chi connectivity index (χ1v) is 8.91. The van der Waals surface area contributed by atoms with Crippen LogP contribution in [0, 0.1) is 0 Å². The van der Waals surface area contributed by atoms with Crippen LogP contribution in [-0.4, -0.2) is 0 Å². The minimum Gasteiger partial charge on any atom is -0.0654 e. The van der Waals surface area contributed by atoms with E-state index in [0.29, 0.717) is 0 Å². The highest BCUT2D eigenvalue weighted by Gasteiger charge is 2.42. The molecule has 0 fully saturated rings. The third-order valence-electron chi connectivity index (χ3n) is 4.21. The smallest absolute Gasteiger partial charge is 0.0361 e. The molecule has 0 heterocycles. The summed E-state index contributed by atoms with van der Waals surface area (Å²) >= 11 is 7.70. The summed E-state index contributed by atoms with van der Waals surface area (Å²) in [7, 11) is 0. The Balaban J connectivity index is 2.46. The van der Waals surface area contributed by atoms with Crippen molar-refractivity contribution in [2.75, 3.05) is 0 Å². The van der Waals surface area contributed by atoms with E-state index in [1.54, 1.807) is 0 Å². The van der Waals surface area contributed by atoms with Gasteiger partial charge in [0.2, 0.25) is 0 Å². The van der Waals surface area contributed by atoms with Crippen molar-refractivity contribution in [3.8, 4) is 0 Å². The van der Waals surface area contributed by atoms with Gasteiger partial charge in [-0.2, -0.15) is 0 Å². The van der Waals surface area contributed by atoms with Crippen LogP contribution in [0.5, 0.6) is 0 Å². The summed E-state index contributed by atoms with van der Waals surface area (Å²) in [6.45, 7) is 4.56. The molecule has 0 bridgehead atoms. The Morgan fingerprint density at radius 1 is 0.947 bits per heavy atom. The average molecular weight is 386 g/mol. The van der Waals surface area contributed by atoms with Crippen molar-refractivity contribution in [3.63, 3.8) is 0 Å². The lowest BCUT2D eigenvalue weighted by atomic mass is 9.74. The Kier molecular flexibility index (Phi) is 5.30. The van der Waals surface area contributed by atoms with E-state index in [0.717, 1.165) is 0 Å². The van der Waals surface area contributed by atoms with Crippen molar-refractivity contribution in [1.82, 2.24) is 0 Å². The average Bonchev–Trinajstić information content (AvgIpc) is 2.66. The van der Waals surface area contributed by atoms with Gasteiger partial charge < -0.3 is 0 Å². The summed E-state index contributed by atoms with van der Waals surface area (Å²) in [5.41, 5.74) is 3.10. The van der Waals surface area contributed by atoms with Crippen LogP contribution >= 0.6 is 31.9 Å². The molecule has 1 aromatic rings. The van der Waals surface area contributed by atoms with Crippen LogP contribution in [0.2, 0.25) is 0 Å². The number of allylic oxidation sites excluding steroid dienone is 1. The van der Waals surface area contributed by atoms with Gasteiger partial charge in [0.1, 0.15) is 0 Å². The van der Waals surface area contributed by atoms with Crippen molar-refractivity contribution < 1.29 is 0 Å². The maximum Gasteiger partial charge on any atom is 0.0361 e. The zero-order valence-electron chi connectivity index (χ0n) is 11.8. The van der Waals surface area contributed by atoms with Gasteiger partial charge in [-0.15, -0.1) is 0 Å². The lowest BCUT2D eigenvalue weighted by molar-refractivity contribution is 0.421. The van der Waals surface area contributed by atoms with Gasteiger partial charge in [-0.3, -0.25) is 0 Å². The highest BCUT2D eigenvalue weighted by molar-refractivity contribution is 9.16. The predicted octanol–water partition coefficient (Wildman–Crippen LogP) is 6.78. The van der Waals surface area contributed by atoms with Gasteiger partial charge in [0.25, 0.3) is 0 Å². The maximum absolute atomic E-state index is 3.90. The standard InChI is InChI=1S/C17H22Br2/c1-3-5-11-17(12-6-4-2)14-10-8-7-9-13(14)15(18)16(17)19/h7-10H,3-6,11-12H2,1-2H3. The molecule has 0 unspecified atom stereocenters. The first-order chi connectivity index (χ1) is 9.17. The zero-order valence-corrected chi connectivity index (χ0v) is 15.0. The summed E-state index contributed by atoms with van der Waals surface area (Å²) in [6, 6.07) is 8.87. The normalized spacial score (nSPS) is 16.8. The topological polar surface area (TPSA) is 0 Å². The molecular weight excluding hydrogens is 364 g/mol. The van der Waals surface area contributed by atoms with Crippen LogP contribution in [0.4, 0.5) is 0 Å². The number of unbranched alkanes of at least 4 members (excludes halogenated alkanes) is 2. The van der Waals surface area contributed by atoms with Crippen molar-refractivity contribution in [2.24, 2.45) is 0 Å². The molecule has 0 aromatic heterocycles. The van der Waals surface area contributed by atoms with Gasteiger partial charge in [-0.25, -0.2) is 0 Å². The summed E-state index contributed by atoms with van der Waals surface area (Å²) in [5, 5.41) is 0. The molecule has 1 aliphatic rings. The lowest BCUT2D eigenvalue weighted by Gasteiger charge is -2.32. The maximum atomic E-state index is 3.90. The molecular formula is C17H22Br2. The van der Waals surface area contributed by atoms with E-state index in [1.165, 1.54) is 58.6 Å². The number of hydrogen-bond donors (Lipinski definition) is 0. The Morgan fingerprint density at radius 2 is 1.53 bits per heavy atom.